The van der Waals surface area contributed by atoms with Crippen LogP contribution in [0.2, 0.25) is 0 Å². The second-order valence-electron chi connectivity index (χ2n) is 4.24. The van der Waals surface area contributed by atoms with E-state index in [-0.39, 0.29) is 5.60 Å². The van der Waals surface area contributed by atoms with Gasteiger partial charge in [0.05, 0.1) is 5.60 Å². The molecule has 1 nitrogen and oxygen atoms in total. The van der Waals surface area contributed by atoms with Crippen molar-refractivity contribution in [2.75, 3.05) is 0 Å². The molecule has 0 heterocycles. The van der Waals surface area contributed by atoms with Gasteiger partial charge in [0, 0.05) is 0 Å². The van der Waals surface area contributed by atoms with Crippen molar-refractivity contribution < 1.29 is 5.11 Å². The zero-order chi connectivity index (χ0) is 7.78. The van der Waals surface area contributed by atoms with Gasteiger partial charge in [-0.1, -0.05) is 13.8 Å². The summed E-state index contributed by atoms with van der Waals surface area (Å²) < 4.78 is 0. The summed E-state index contributed by atoms with van der Waals surface area (Å²) in [6, 6.07) is 0. The van der Waals surface area contributed by atoms with E-state index in [1.54, 1.807) is 0 Å². The molecule has 0 spiro atoms. The molecule has 60 valence electrons. The van der Waals surface area contributed by atoms with Crippen molar-refractivity contribution in [1.82, 2.24) is 0 Å². The highest BCUT2D eigenvalue weighted by Crippen LogP contribution is 2.37. The van der Waals surface area contributed by atoms with Gasteiger partial charge in [0.25, 0.3) is 0 Å². The molecule has 2 atom stereocenters. The van der Waals surface area contributed by atoms with Gasteiger partial charge in [0.2, 0.25) is 0 Å². The summed E-state index contributed by atoms with van der Waals surface area (Å²) >= 11 is 0. The third-order valence-electron chi connectivity index (χ3n) is 2.70. The second-order valence-corrected chi connectivity index (χ2v) is 4.24. The van der Waals surface area contributed by atoms with Gasteiger partial charge in [-0.05, 0) is 38.0 Å². The van der Waals surface area contributed by atoms with E-state index in [2.05, 4.69) is 13.8 Å². The van der Waals surface area contributed by atoms with Gasteiger partial charge in [-0.25, -0.2) is 0 Å². The average molecular weight is 142 g/mol. The SMILES string of the molecule is CC(C)C1CC[C@@](C)(O)C1. The first-order valence-corrected chi connectivity index (χ1v) is 4.24. The van der Waals surface area contributed by atoms with Crippen LogP contribution in [-0.4, -0.2) is 10.7 Å². The van der Waals surface area contributed by atoms with E-state index in [9.17, 15) is 5.11 Å². The Kier molecular flexibility index (Phi) is 2.04. The fraction of sp³-hybridized carbons (Fsp3) is 1.00. The van der Waals surface area contributed by atoms with E-state index in [0.29, 0.717) is 0 Å². The first-order chi connectivity index (χ1) is 4.51. The lowest BCUT2D eigenvalue weighted by molar-refractivity contribution is 0.0610. The summed E-state index contributed by atoms with van der Waals surface area (Å²) in [6.07, 6.45) is 3.21. The van der Waals surface area contributed by atoms with Crippen molar-refractivity contribution in [3.05, 3.63) is 0 Å². The maximum Gasteiger partial charge on any atom is 0.0622 e. The Morgan fingerprint density at radius 1 is 1.50 bits per heavy atom. The minimum absolute atomic E-state index is 0.352. The van der Waals surface area contributed by atoms with Crippen LogP contribution in [0.5, 0.6) is 0 Å². The monoisotopic (exact) mass is 142 g/mol. The molecule has 0 aromatic heterocycles. The lowest BCUT2D eigenvalue weighted by atomic mass is 9.93. The Labute approximate surface area is 63.4 Å². The van der Waals surface area contributed by atoms with Gasteiger partial charge in [-0.15, -0.1) is 0 Å². The Morgan fingerprint density at radius 3 is 2.30 bits per heavy atom. The van der Waals surface area contributed by atoms with E-state index < -0.39 is 0 Å². The fourth-order valence-electron chi connectivity index (χ4n) is 1.83. The van der Waals surface area contributed by atoms with Crippen LogP contribution in [0.15, 0.2) is 0 Å². The van der Waals surface area contributed by atoms with Crippen LogP contribution in [0.25, 0.3) is 0 Å². The molecule has 1 N–H and O–H groups in total. The van der Waals surface area contributed by atoms with Crippen molar-refractivity contribution >= 4 is 0 Å². The van der Waals surface area contributed by atoms with Crippen molar-refractivity contribution in [1.29, 1.82) is 0 Å². The first-order valence-electron chi connectivity index (χ1n) is 4.24. The largest absolute Gasteiger partial charge is 0.390 e. The van der Waals surface area contributed by atoms with E-state index in [1.807, 2.05) is 6.92 Å². The Balaban J connectivity index is 2.43. The highest BCUT2D eigenvalue weighted by molar-refractivity contribution is 4.86. The standard InChI is InChI=1S/C9H18O/c1-7(2)8-4-5-9(3,10)6-8/h7-8,10H,4-6H2,1-3H3/t8?,9-/m1/s1. The zero-order valence-corrected chi connectivity index (χ0v) is 7.22. The summed E-state index contributed by atoms with van der Waals surface area (Å²) in [5, 5.41) is 9.61. The van der Waals surface area contributed by atoms with E-state index in [1.165, 1.54) is 6.42 Å². The topological polar surface area (TPSA) is 20.2 Å². The molecule has 1 aliphatic rings. The second kappa shape index (κ2) is 2.54. The molecule has 1 unspecified atom stereocenters. The van der Waals surface area contributed by atoms with Crippen LogP contribution in [-0.2, 0) is 0 Å². The van der Waals surface area contributed by atoms with E-state index in [0.717, 1.165) is 24.7 Å². The maximum absolute atomic E-state index is 9.61. The molecule has 0 bridgehead atoms. The Hall–Kier alpha value is -0.0400. The van der Waals surface area contributed by atoms with Crippen molar-refractivity contribution in [2.45, 2.75) is 45.6 Å². The van der Waals surface area contributed by atoms with Gasteiger partial charge in [-0.3, -0.25) is 0 Å². The summed E-state index contributed by atoms with van der Waals surface area (Å²) in [4.78, 5) is 0. The minimum atomic E-state index is -0.352. The van der Waals surface area contributed by atoms with E-state index in [4.69, 9.17) is 0 Å². The van der Waals surface area contributed by atoms with Gasteiger partial charge >= 0.3 is 0 Å². The van der Waals surface area contributed by atoms with Crippen LogP contribution in [0.4, 0.5) is 0 Å². The number of rotatable bonds is 1. The molecule has 1 fully saturated rings. The van der Waals surface area contributed by atoms with Crippen LogP contribution >= 0.6 is 0 Å². The van der Waals surface area contributed by atoms with Crippen LogP contribution in [0.3, 0.4) is 0 Å². The normalized spacial score (nSPS) is 41.1. The molecule has 1 aliphatic carbocycles. The predicted octanol–water partition coefficient (Wildman–Crippen LogP) is 2.19. The molecule has 0 aliphatic heterocycles. The summed E-state index contributed by atoms with van der Waals surface area (Å²) in [7, 11) is 0. The third kappa shape index (κ3) is 1.72. The lowest BCUT2D eigenvalue weighted by Gasteiger charge is -2.17. The van der Waals surface area contributed by atoms with Crippen LogP contribution in [0, 0.1) is 11.8 Å². The molecule has 0 radical (unpaired) electrons. The van der Waals surface area contributed by atoms with Crippen molar-refractivity contribution in [2.24, 2.45) is 11.8 Å². The van der Waals surface area contributed by atoms with Crippen molar-refractivity contribution in [3.63, 3.8) is 0 Å². The Bertz CT molecular complexity index is 116. The molecule has 1 heteroatoms. The van der Waals surface area contributed by atoms with Crippen LogP contribution in [0.1, 0.15) is 40.0 Å². The van der Waals surface area contributed by atoms with E-state index >= 15 is 0 Å². The molecule has 0 amide bonds. The van der Waals surface area contributed by atoms with Crippen LogP contribution < -0.4 is 0 Å². The first kappa shape index (κ1) is 8.06. The highest BCUT2D eigenvalue weighted by Gasteiger charge is 2.33. The van der Waals surface area contributed by atoms with Gasteiger partial charge in [0.1, 0.15) is 0 Å². The highest BCUT2D eigenvalue weighted by atomic mass is 16.3. The minimum Gasteiger partial charge on any atom is -0.390 e. The molecule has 0 aromatic rings. The number of aliphatic hydroxyl groups is 1. The molecule has 10 heavy (non-hydrogen) atoms. The van der Waals surface area contributed by atoms with Crippen molar-refractivity contribution in [3.8, 4) is 0 Å². The molecular formula is C9H18O. The van der Waals surface area contributed by atoms with Gasteiger partial charge < -0.3 is 5.11 Å². The third-order valence-corrected chi connectivity index (χ3v) is 2.70. The summed E-state index contributed by atoms with van der Waals surface area (Å²) in [5.74, 6) is 1.50. The molecule has 1 saturated carbocycles. The summed E-state index contributed by atoms with van der Waals surface area (Å²) in [5.41, 5.74) is -0.352. The fourth-order valence-corrected chi connectivity index (χ4v) is 1.83. The van der Waals surface area contributed by atoms with Gasteiger partial charge in [-0.2, -0.15) is 0 Å². The Morgan fingerprint density at radius 2 is 2.10 bits per heavy atom. The molecule has 1 rings (SSSR count). The van der Waals surface area contributed by atoms with Gasteiger partial charge in [0.15, 0.2) is 0 Å². The maximum atomic E-state index is 9.61. The summed E-state index contributed by atoms with van der Waals surface area (Å²) in [6.45, 7) is 6.44. The average Bonchev–Trinajstić information content (AvgIpc) is 2.10. The molecular weight excluding hydrogens is 124 g/mol. The zero-order valence-electron chi connectivity index (χ0n) is 7.22. The lowest BCUT2D eigenvalue weighted by Crippen LogP contribution is -2.19. The smallest absolute Gasteiger partial charge is 0.0622 e. The predicted molar refractivity (Wildman–Crippen MR) is 42.8 cm³/mol. The quantitative estimate of drug-likeness (QED) is 0.595. The number of hydrogen-bond donors (Lipinski definition) is 1. The number of hydrogen-bond acceptors (Lipinski definition) is 1. The molecule has 0 saturated heterocycles. The molecule has 0 aromatic carbocycles.